The molecule has 0 aromatic heterocycles. The van der Waals surface area contributed by atoms with E-state index in [2.05, 4.69) is 20.9 Å². The molecule has 13 heteroatoms. The molecule has 0 radical (unpaired) electrons. The molecule has 0 saturated carbocycles. The number of carboxylic acids is 1. The summed E-state index contributed by atoms with van der Waals surface area (Å²) in [6.07, 6.45) is 1.01. The van der Waals surface area contributed by atoms with Gasteiger partial charge in [-0.2, -0.15) is 0 Å². The third kappa shape index (κ3) is 12.1. The smallest absolute Gasteiger partial charge is 0.325 e. The lowest BCUT2D eigenvalue weighted by atomic mass is 10.0. The van der Waals surface area contributed by atoms with E-state index in [0.29, 0.717) is 18.5 Å². The molecule has 11 N–H and O–H groups in total. The molecule has 13 nitrogen and oxygen atoms in total. The quantitative estimate of drug-likeness (QED) is 0.0794. The summed E-state index contributed by atoms with van der Waals surface area (Å²) in [5.74, 6) is -3.11. The molecule has 0 spiro atoms. The van der Waals surface area contributed by atoms with Crippen molar-refractivity contribution in [3.05, 3.63) is 29.8 Å². The Labute approximate surface area is 216 Å². The second-order valence-electron chi connectivity index (χ2n) is 9.25. The van der Waals surface area contributed by atoms with Crippen molar-refractivity contribution >= 4 is 29.7 Å². The molecule has 0 heterocycles. The summed E-state index contributed by atoms with van der Waals surface area (Å²) in [7, 11) is 0. The molecular formula is C24H39N7O6. The molecule has 0 aliphatic heterocycles. The largest absolute Gasteiger partial charge is 0.508 e. The van der Waals surface area contributed by atoms with Crippen LogP contribution in [0.1, 0.15) is 45.6 Å². The van der Waals surface area contributed by atoms with Crippen molar-refractivity contribution in [1.82, 2.24) is 16.0 Å². The first kappa shape index (κ1) is 31.2. The number of carbonyl (C=O) groups excluding carboxylic acids is 3. The number of nitrogens with two attached hydrogens (primary N) is 3. The number of rotatable bonds is 15. The second kappa shape index (κ2) is 15.3. The number of nitrogens with one attached hydrogen (secondary N) is 3. The van der Waals surface area contributed by atoms with E-state index < -0.39 is 47.9 Å². The first-order valence-corrected chi connectivity index (χ1v) is 12.0. The van der Waals surface area contributed by atoms with Gasteiger partial charge in [0.15, 0.2) is 5.96 Å². The maximum atomic E-state index is 13.3. The number of hydrogen-bond donors (Lipinski definition) is 8. The molecule has 206 valence electrons. The van der Waals surface area contributed by atoms with Gasteiger partial charge in [0.1, 0.15) is 23.9 Å². The zero-order chi connectivity index (χ0) is 28.1. The van der Waals surface area contributed by atoms with Gasteiger partial charge in [-0.25, -0.2) is 0 Å². The average Bonchev–Trinajstić information content (AvgIpc) is 2.81. The summed E-state index contributed by atoms with van der Waals surface area (Å²) in [5.41, 5.74) is 17.2. The van der Waals surface area contributed by atoms with Gasteiger partial charge in [0.05, 0.1) is 6.04 Å². The van der Waals surface area contributed by atoms with Crippen LogP contribution in [0, 0.1) is 5.92 Å². The minimum absolute atomic E-state index is 0.0000346. The van der Waals surface area contributed by atoms with Crippen molar-refractivity contribution in [2.45, 2.75) is 70.6 Å². The number of aliphatic carboxylic acids is 1. The maximum Gasteiger partial charge on any atom is 0.325 e. The fraction of sp³-hybridized carbons (Fsp3) is 0.542. The van der Waals surface area contributed by atoms with E-state index in [0.717, 1.165) is 0 Å². The predicted molar refractivity (Wildman–Crippen MR) is 138 cm³/mol. The Morgan fingerprint density at radius 2 is 1.49 bits per heavy atom. The highest BCUT2D eigenvalue weighted by Crippen LogP contribution is 2.13. The lowest BCUT2D eigenvalue weighted by Crippen LogP contribution is -2.57. The summed E-state index contributed by atoms with van der Waals surface area (Å²) in [5, 5.41) is 26.3. The van der Waals surface area contributed by atoms with Gasteiger partial charge < -0.3 is 43.4 Å². The fourth-order valence-corrected chi connectivity index (χ4v) is 3.36. The molecule has 1 aromatic rings. The van der Waals surface area contributed by atoms with Gasteiger partial charge >= 0.3 is 5.97 Å². The lowest BCUT2D eigenvalue weighted by molar-refractivity contribution is -0.142. The van der Waals surface area contributed by atoms with Crippen LogP contribution in [0.2, 0.25) is 0 Å². The summed E-state index contributed by atoms with van der Waals surface area (Å²) in [6, 6.07) is 1.89. The zero-order valence-corrected chi connectivity index (χ0v) is 21.4. The van der Waals surface area contributed by atoms with E-state index in [1.54, 1.807) is 12.1 Å². The number of guanidine groups is 1. The predicted octanol–water partition coefficient (Wildman–Crippen LogP) is -1.08. The molecular weight excluding hydrogens is 482 g/mol. The molecule has 4 unspecified atom stereocenters. The number of carboxylic acid groups (broad SMARTS) is 1. The van der Waals surface area contributed by atoms with Gasteiger partial charge in [-0.05, 0) is 49.8 Å². The van der Waals surface area contributed by atoms with E-state index in [1.165, 1.54) is 19.1 Å². The fourth-order valence-electron chi connectivity index (χ4n) is 3.36. The lowest BCUT2D eigenvalue weighted by Gasteiger charge is -2.25. The van der Waals surface area contributed by atoms with Gasteiger partial charge in [-0.1, -0.05) is 26.0 Å². The van der Waals surface area contributed by atoms with Crippen LogP contribution in [-0.2, 0) is 25.6 Å². The van der Waals surface area contributed by atoms with Crippen molar-refractivity contribution in [1.29, 1.82) is 0 Å². The first-order chi connectivity index (χ1) is 17.3. The van der Waals surface area contributed by atoms with E-state index in [-0.39, 0.29) is 36.9 Å². The maximum absolute atomic E-state index is 13.3. The van der Waals surface area contributed by atoms with Crippen molar-refractivity contribution in [3.63, 3.8) is 0 Å². The second-order valence-corrected chi connectivity index (χ2v) is 9.25. The first-order valence-electron chi connectivity index (χ1n) is 12.0. The van der Waals surface area contributed by atoms with Crippen LogP contribution >= 0.6 is 0 Å². The van der Waals surface area contributed by atoms with Crippen LogP contribution in [0.25, 0.3) is 0 Å². The molecule has 0 aliphatic rings. The van der Waals surface area contributed by atoms with Crippen LogP contribution in [-0.4, -0.2) is 70.6 Å². The van der Waals surface area contributed by atoms with Crippen molar-refractivity contribution in [3.8, 4) is 5.75 Å². The van der Waals surface area contributed by atoms with Crippen LogP contribution < -0.4 is 33.2 Å². The Morgan fingerprint density at radius 1 is 0.919 bits per heavy atom. The van der Waals surface area contributed by atoms with E-state index >= 15 is 0 Å². The van der Waals surface area contributed by atoms with E-state index in [1.807, 2.05) is 13.8 Å². The number of nitrogens with zero attached hydrogens (tertiary/aromatic N) is 1. The molecule has 0 bridgehead atoms. The molecule has 1 aromatic carbocycles. The standard InChI is InChI=1S/C24H39N7O6/c1-13(2)11-18(21(34)29-14(3)23(36)37)31-22(35)19(12-15-6-8-16(32)9-7-15)30-20(33)17(25)5-4-10-28-24(26)27/h6-9,13-14,17-19,32H,4-5,10-12,25H2,1-3H3,(H,29,34)(H,30,33)(H,31,35)(H,36,37)(H4,26,27,28). The number of phenolic OH excluding ortho intramolecular Hbond substituents is 1. The van der Waals surface area contributed by atoms with Crippen molar-refractivity contribution in [2.75, 3.05) is 6.54 Å². The molecule has 1 rings (SSSR count). The number of aromatic hydroxyl groups is 1. The van der Waals surface area contributed by atoms with Gasteiger partial charge in [0.25, 0.3) is 0 Å². The Balaban J connectivity index is 3.03. The number of amides is 3. The highest BCUT2D eigenvalue weighted by molar-refractivity contribution is 5.94. The molecule has 0 saturated heterocycles. The van der Waals surface area contributed by atoms with Crippen LogP contribution in [0.3, 0.4) is 0 Å². The number of benzene rings is 1. The van der Waals surface area contributed by atoms with Gasteiger partial charge in [-0.15, -0.1) is 0 Å². The summed E-state index contributed by atoms with van der Waals surface area (Å²) < 4.78 is 0. The summed E-state index contributed by atoms with van der Waals surface area (Å²) >= 11 is 0. The molecule has 37 heavy (non-hydrogen) atoms. The normalized spacial score (nSPS) is 14.1. The van der Waals surface area contributed by atoms with Crippen LogP contribution in [0.5, 0.6) is 5.75 Å². The Morgan fingerprint density at radius 3 is 2.03 bits per heavy atom. The topological polar surface area (TPSA) is 235 Å². The Bertz CT molecular complexity index is 947. The van der Waals surface area contributed by atoms with E-state index in [4.69, 9.17) is 22.3 Å². The molecule has 3 amide bonds. The molecule has 0 fully saturated rings. The third-order valence-electron chi connectivity index (χ3n) is 5.38. The minimum atomic E-state index is -1.21. The van der Waals surface area contributed by atoms with Gasteiger partial charge in [0, 0.05) is 13.0 Å². The SMILES string of the molecule is CC(C)CC(NC(=O)C(Cc1ccc(O)cc1)NC(=O)C(N)CCCN=C(N)N)C(=O)NC(C)C(=O)O. The number of phenols is 1. The van der Waals surface area contributed by atoms with Gasteiger partial charge in [-0.3, -0.25) is 24.2 Å². The summed E-state index contributed by atoms with van der Waals surface area (Å²) in [6.45, 7) is 5.31. The minimum Gasteiger partial charge on any atom is -0.508 e. The molecule has 4 atom stereocenters. The van der Waals surface area contributed by atoms with Crippen molar-refractivity contribution in [2.24, 2.45) is 28.1 Å². The average molecular weight is 522 g/mol. The van der Waals surface area contributed by atoms with E-state index in [9.17, 15) is 24.3 Å². The third-order valence-corrected chi connectivity index (χ3v) is 5.38. The number of aliphatic imine (C=N–C) groups is 1. The Hall–Kier alpha value is -3.87. The highest BCUT2D eigenvalue weighted by atomic mass is 16.4. The van der Waals surface area contributed by atoms with Crippen LogP contribution in [0.15, 0.2) is 29.3 Å². The molecule has 0 aliphatic carbocycles. The van der Waals surface area contributed by atoms with Gasteiger partial charge in [0.2, 0.25) is 17.7 Å². The highest BCUT2D eigenvalue weighted by Gasteiger charge is 2.30. The number of carbonyl (C=O) groups is 4. The number of hydrogen-bond acceptors (Lipinski definition) is 7. The van der Waals surface area contributed by atoms with Crippen LogP contribution in [0.4, 0.5) is 0 Å². The summed E-state index contributed by atoms with van der Waals surface area (Å²) in [4.78, 5) is 53.7. The van der Waals surface area contributed by atoms with Crippen molar-refractivity contribution < 1.29 is 29.4 Å². The zero-order valence-electron chi connectivity index (χ0n) is 21.4. The Kier molecular flexibility index (Phi) is 12.9. The monoisotopic (exact) mass is 521 g/mol.